The van der Waals surface area contributed by atoms with E-state index in [4.69, 9.17) is 5.11 Å². The molecule has 0 aromatic carbocycles. The predicted octanol–water partition coefficient (Wildman–Crippen LogP) is 1.80. The Hall–Kier alpha value is -1.43. The van der Waals surface area contributed by atoms with Crippen molar-refractivity contribution in [3.8, 4) is 0 Å². The zero-order valence-electron chi connectivity index (χ0n) is 12.9. The predicted molar refractivity (Wildman–Crippen MR) is 62.9 cm³/mol. The molecule has 3 nitrogen and oxygen atoms in total. The molecule has 0 aliphatic rings. The molecule has 1 aromatic rings. The van der Waals surface area contributed by atoms with Crippen LogP contribution in [0.15, 0.2) is 24.4 Å². The molecular formula is C6H6B3F12LiNO2-3. The van der Waals surface area contributed by atoms with Crippen LogP contribution in [-0.2, 0) is 0 Å². The molecule has 0 amide bonds. The van der Waals surface area contributed by atoms with Crippen molar-refractivity contribution in [1.29, 1.82) is 0 Å². The molecule has 0 aliphatic heterocycles. The third kappa shape index (κ3) is 85.5. The Balaban J connectivity index is -0.0000000771. The Kier molecular flexibility index (Phi) is 17.3. The summed E-state index contributed by atoms with van der Waals surface area (Å²) < 4.78 is 117. The molecule has 0 fully saturated rings. The maximum atomic E-state index is 10.1. The largest absolute Gasteiger partial charge is 1.00 e. The maximum absolute atomic E-state index is 10.1. The van der Waals surface area contributed by atoms with Crippen molar-refractivity contribution >= 4 is 27.7 Å². The SMILES string of the molecule is F[B-](F)(F)F.F[B-](F)(F)F.F[B-](F)(F)F.O=C(O)c1ccccn1.[H-].[Li+]. The zero-order valence-corrected chi connectivity index (χ0v) is 11.9. The Labute approximate surface area is 145 Å². The standard InChI is InChI=1S/C6H5NO2.3BF4.Li.H/c8-6(9)5-3-1-2-4-7-5;3*2-1(3,4)5;;/h1-4H,(H,8,9);;;;;/q;3*-1;+1;-1. The molecular weight excluding hydrogens is 385 g/mol. The van der Waals surface area contributed by atoms with Crippen LogP contribution in [0.4, 0.5) is 51.8 Å². The van der Waals surface area contributed by atoms with E-state index in [2.05, 4.69) is 4.98 Å². The molecule has 1 heterocycles. The van der Waals surface area contributed by atoms with Crippen LogP contribution in [0.25, 0.3) is 0 Å². The zero-order chi connectivity index (χ0) is 20.2. The monoisotopic (exact) mass is 392 g/mol. The van der Waals surface area contributed by atoms with Crippen LogP contribution in [0.5, 0.6) is 0 Å². The van der Waals surface area contributed by atoms with E-state index in [9.17, 15) is 56.6 Å². The molecule has 0 saturated heterocycles. The second kappa shape index (κ2) is 13.8. The van der Waals surface area contributed by atoms with Gasteiger partial charge in [-0.25, -0.2) is 9.78 Å². The fourth-order valence-electron chi connectivity index (χ4n) is 0.489. The molecule has 0 unspecified atom stereocenters. The number of halogens is 12. The normalized spacial score (nSPS) is 10.4. The van der Waals surface area contributed by atoms with Crippen molar-refractivity contribution in [1.82, 2.24) is 4.98 Å². The summed E-state index contributed by atoms with van der Waals surface area (Å²) in [7, 11) is -18.0. The summed E-state index contributed by atoms with van der Waals surface area (Å²) in [5.74, 6) is -0.990. The number of carboxylic acids is 1. The number of carbonyl (C=O) groups is 1. The summed E-state index contributed by atoms with van der Waals surface area (Å²) in [5, 5.41) is 8.32. The summed E-state index contributed by atoms with van der Waals surface area (Å²) in [4.78, 5) is 13.7. The van der Waals surface area contributed by atoms with Crippen LogP contribution < -0.4 is 18.9 Å². The molecule has 1 N–H and O–H groups in total. The minimum Gasteiger partial charge on any atom is -1.00 e. The topological polar surface area (TPSA) is 50.2 Å². The van der Waals surface area contributed by atoms with E-state index in [1.807, 2.05) is 0 Å². The van der Waals surface area contributed by atoms with Crippen LogP contribution in [0.2, 0.25) is 0 Å². The van der Waals surface area contributed by atoms with Gasteiger partial charge in [-0.05, 0) is 12.1 Å². The van der Waals surface area contributed by atoms with Crippen LogP contribution in [-0.4, -0.2) is 37.8 Å². The van der Waals surface area contributed by atoms with Gasteiger partial charge in [0.25, 0.3) is 0 Å². The van der Waals surface area contributed by atoms with Crippen LogP contribution in [0.1, 0.15) is 11.9 Å². The minimum atomic E-state index is -6.00. The molecule has 0 atom stereocenters. The number of nitrogens with zero attached hydrogens (tertiary/aromatic N) is 1. The van der Waals surface area contributed by atoms with Crippen molar-refractivity contribution in [3.05, 3.63) is 30.1 Å². The molecule has 25 heavy (non-hydrogen) atoms. The first-order valence-electron chi connectivity index (χ1n) is 5.07. The van der Waals surface area contributed by atoms with Gasteiger partial charge in [0.05, 0.1) is 0 Å². The van der Waals surface area contributed by atoms with Gasteiger partial charge in [0.1, 0.15) is 5.69 Å². The quantitative estimate of drug-likeness (QED) is 0.587. The number of carboxylic acid groups (broad SMARTS) is 1. The molecule has 0 bridgehead atoms. The van der Waals surface area contributed by atoms with Crippen molar-refractivity contribution < 1.29 is 82.0 Å². The number of hydrogen-bond acceptors (Lipinski definition) is 2. The first-order chi connectivity index (χ1) is 10.3. The molecule has 0 aliphatic carbocycles. The Morgan fingerprint density at radius 2 is 1.08 bits per heavy atom. The fourth-order valence-corrected chi connectivity index (χ4v) is 0.489. The molecule has 144 valence electrons. The van der Waals surface area contributed by atoms with Gasteiger partial charge in [-0.1, -0.05) is 6.07 Å². The van der Waals surface area contributed by atoms with Crippen molar-refractivity contribution in [2.45, 2.75) is 0 Å². The van der Waals surface area contributed by atoms with E-state index in [0.29, 0.717) is 0 Å². The summed E-state index contributed by atoms with van der Waals surface area (Å²) in [6.45, 7) is 0. The summed E-state index contributed by atoms with van der Waals surface area (Å²) in [6.07, 6.45) is 1.45. The van der Waals surface area contributed by atoms with Gasteiger partial charge in [-0.2, -0.15) is 0 Å². The van der Waals surface area contributed by atoms with Gasteiger partial charge in [0, 0.05) is 6.20 Å². The molecule has 0 saturated carbocycles. The third-order valence-corrected chi connectivity index (χ3v) is 0.884. The van der Waals surface area contributed by atoms with E-state index >= 15 is 0 Å². The summed E-state index contributed by atoms with van der Waals surface area (Å²) in [5.41, 5.74) is 0.0810. The van der Waals surface area contributed by atoms with Crippen molar-refractivity contribution in [2.24, 2.45) is 0 Å². The van der Waals surface area contributed by atoms with E-state index < -0.39 is 27.7 Å². The Morgan fingerprint density at radius 3 is 1.20 bits per heavy atom. The summed E-state index contributed by atoms with van der Waals surface area (Å²) in [6, 6.07) is 4.76. The van der Waals surface area contributed by atoms with Crippen LogP contribution >= 0.6 is 0 Å². The Bertz CT molecular complexity index is 412. The van der Waals surface area contributed by atoms with Gasteiger partial charge in [0.15, 0.2) is 0 Å². The van der Waals surface area contributed by atoms with Gasteiger partial charge in [-0.3, -0.25) is 0 Å². The van der Waals surface area contributed by atoms with E-state index in [1.165, 1.54) is 12.3 Å². The molecule has 0 radical (unpaired) electrons. The number of aromatic nitrogens is 1. The van der Waals surface area contributed by atoms with Crippen molar-refractivity contribution in [2.75, 3.05) is 0 Å². The Morgan fingerprint density at radius 1 is 0.800 bits per heavy atom. The maximum Gasteiger partial charge on any atom is 1.00 e. The fraction of sp³-hybridized carbons (Fsp3) is 0. The van der Waals surface area contributed by atoms with Crippen LogP contribution in [0.3, 0.4) is 0 Å². The number of hydrogen-bond donors (Lipinski definition) is 1. The van der Waals surface area contributed by atoms with Crippen LogP contribution in [0, 0.1) is 0 Å². The van der Waals surface area contributed by atoms with Crippen molar-refractivity contribution in [3.63, 3.8) is 0 Å². The van der Waals surface area contributed by atoms with Gasteiger partial charge in [-0.15, -0.1) is 0 Å². The smallest absolute Gasteiger partial charge is 1.00 e. The molecule has 19 heteroatoms. The van der Waals surface area contributed by atoms with E-state index in [1.54, 1.807) is 12.1 Å². The average molecular weight is 391 g/mol. The first-order valence-corrected chi connectivity index (χ1v) is 5.07. The second-order valence-electron chi connectivity index (χ2n) is 3.00. The number of pyridine rings is 1. The summed E-state index contributed by atoms with van der Waals surface area (Å²) >= 11 is 0. The molecule has 1 aromatic heterocycles. The minimum absolute atomic E-state index is 0. The molecule has 1 rings (SSSR count). The van der Waals surface area contributed by atoms with Gasteiger partial charge < -0.3 is 58.3 Å². The van der Waals surface area contributed by atoms with E-state index in [-0.39, 0.29) is 26.0 Å². The van der Waals surface area contributed by atoms with Gasteiger partial charge in [0.2, 0.25) is 0 Å². The number of rotatable bonds is 1. The van der Waals surface area contributed by atoms with E-state index in [0.717, 1.165) is 0 Å². The third-order valence-electron chi connectivity index (χ3n) is 0.884. The second-order valence-corrected chi connectivity index (χ2v) is 3.00. The van der Waals surface area contributed by atoms with Gasteiger partial charge >= 0.3 is 46.6 Å². The average Bonchev–Trinajstić information content (AvgIpc) is 2.23. The first kappa shape index (κ1) is 31.4. The molecule has 0 spiro atoms. The number of aromatic carboxylic acids is 1.